The molecular formula is C26H31NO2. The first-order valence-corrected chi connectivity index (χ1v) is 10.2. The van der Waals surface area contributed by atoms with Crippen LogP contribution in [0, 0.1) is 0 Å². The molecule has 0 amide bonds. The van der Waals surface area contributed by atoms with Gasteiger partial charge in [-0.2, -0.15) is 0 Å². The molecule has 3 heteroatoms. The van der Waals surface area contributed by atoms with E-state index in [0.717, 1.165) is 22.7 Å². The van der Waals surface area contributed by atoms with Crippen LogP contribution in [-0.2, 0) is 12.0 Å². The van der Waals surface area contributed by atoms with Crippen molar-refractivity contribution in [3.63, 3.8) is 0 Å². The maximum atomic E-state index is 6.07. The summed E-state index contributed by atoms with van der Waals surface area (Å²) in [5.74, 6) is 1.74. The van der Waals surface area contributed by atoms with Crippen molar-refractivity contribution >= 4 is 5.69 Å². The minimum absolute atomic E-state index is 0.0256. The Labute approximate surface area is 174 Å². The predicted octanol–water partition coefficient (Wildman–Crippen LogP) is 6.44. The van der Waals surface area contributed by atoms with Crippen LogP contribution in [0.2, 0.25) is 0 Å². The minimum atomic E-state index is 0.0256. The monoisotopic (exact) mass is 389 g/mol. The SMILES string of the molecule is CC(CNc1ccccc1OCc1ccccc1)Oc1ccc(C(C)(C)C)cc1. The second-order valence-corrected chi connectivity index (χ2v) is 8.35. The van der Waals surface area contributed by atoms with Gasteiger partial charge in [0.05, 0.1) is 12.2 Å². The molecule has 0 bridgehead atoms. The molecular weight excluding hydrogens is 358 g/mol. The third-order valence-corrected chi connectivity index (χ3v) is 4.76. The summed E-state index contributed by atoms with van der Waals surface area (Å²) < 4.78 is 12.1. The Balaban J connectivity index is 1.54. The minimum Gasteiger partial charge on any atom is -0.489 e. The van der Waals surface area contributed by atoms with Crippen LogP contribution in [0.1, 0.15) is 38.8 Å². The molecule has 0 fully saturated rings. The van der Waals surface area contributed by atoms with Crippen molar-refractivity contribution in [1.82, 2.24) is 0 Å². The van der Waals surface area contributed by atoms with Crippen molar-refractivity contribution in [1.29, 1.82) is 0 Å². The highest BCUT2D eigenvalue weighted by atomic mass is 16.5. The van der Waals surface area contributed by atoms with Crippen molar-refractivity contribution < 1.29 is 9.47 Å². The number of benzene rings is 3. The molecule has 152 valence electrons. The van der Waals surface area contributed by atoms with Crippen molar-refractivity contribution in [2.75, 3.05) is 11.9 Å². The molecule has 1 atom stereocenters. The molecule has 1 unspecified atom stereocenters. The number of hydrogen-bond acceptors (Lipinski definition) is 3. The first-order valence-electron chi connectivity index (χ1n) is 10.2. The van der Waals surface area contributed by atoms with E-state index in [1.165, 1.54) is 5.56 Å². The Kier molecular flexibility index (Phi) is 6.82. The van der Waals surface area contributed by atoms with Gasteiger partial charge in [-0.3, -0.25) is 0 Å². The van der Waals surface area contributed by atoms with E-state index in [4.69, 9.17) is 9.47 Å². The predicted molar refractivity (Wildman–Crippen MR) is 121 cm³/mol. The summed E-state index contributed by atoms with van der Waals surface area (Å²) in [7, 11) is 0. The fourth-order valence-corrected chi connectivity index (χ4v) is 3.04. The van der Waals surface area contributed by atoms with Crippen LogP contribution in [0.25, 0.3) is 0 Å². The van der Waals surface area contributed by atoms with E-state index in [0.29, 0.717) is 13.2 Å². The van der Waals surface area contributed by atoms with Gasteiger partial charge >= 0.3 is 0 Å². The van der Waals surface area contributed by atoms with E-state index in [9.17, 15) is 0 Å². The molecule has 0 heterocycles. The van der Waals surface area contributed by atoms with Crippen LogP contribution in [0.3, 0.4) is 0 Å². The summed E-state index contributed by atoms with van der Waals surface area (Å²) in [4.78, 5) is 0. The summed E-state index contributed by atoms with van der Waals surface area (Å²) in [5, 5.41) is 3.46. The Bertz CT molecular complexity index is 883. The lowest BCUT2D eigenvalue weighted by Crippen LogP contribution is -2.23. The summed E-state index contributed by atoms with van der Waals surface area (Å²) in [6.45, 7) is 9.95. The molecule has 3 rings (SSSR count). The zero-order chi connectivity index (χ0) is 20.7. The number of ether oxygens (including phenoxy) is 2. The van der Waals surface area contributed by atoms with Gasteiger partial charge in [0.15, 0.2) is 0 Å². The lowest BCUT2D eigenvalue weighted by Gasteiger charge is -2.21. The van der Waals surface area contributed by atoms with Crippen LogP contribution in [0.5, 0.6) is 11.5 Å². The third kappa shape index (κ3) is 6.28. The number of rotatable bonds is 8. The fraction of sp³-hybridized carbons (Fsp3) is 0.308. The molecule has 0 aliphatic heterocycles. The average molecular weight is 390 g/mol. The zero-order valence-corrected chi connectivity index (χ0v) is 17.8. The quantitative estimate of drug-likeness (QED) is 0.481. The van der Waals surface area contributed by atoms with E-state index < -0.39 is 0 Å². The number of anilines is 1. The van der Waals surface area contributed by atoms with Gasteiger partial charge in [0.1, 0.15) is 24.2 Å². The molecule has 0 saturated heterocycles. The second-order valence-electron chi connectivity index (χ2n) is 8.35. The summed E-state index contributed by atoms with van der Waals surface area (Å²) >= 11 is 0. The van der Waals surface area contributed by atoms with Gasteiger partial charge in [-0.15, -0.1) is 0 Å². The van der Waals surface area contributed by atoms with Crippen molar-refractivity contribution in [2.45, 2.75) is 45.8 Å². The molecule has 1 N–H and O–H groups in total. The first-order chi connectivity index (χ1) is 13.9. The van der Waals surface area contributed by atoms with Gasteiger partial charge in [0.25, 0.3) is 0 Å². The van der Waals surface area contributed by atoms with Crippen molar-refractivity contribution in [3.8, 4) is 11.5 Å². The van der Waals surface area contributed by atoms with Crippen LogP contribution in [-0.4, -0.2) is 12.6 Å². The molecule has 0 aromatic heterocycles. The van der Waals surface area contributed by atoms with Crippen LogP contribution in [0.4, 0.5) is 5.69 Å². The number of nitrogens with one attached hydrogen (secondary N) is 1. The Morgan fingerprint density at radius 1 is 0.828 bits per heavy atom. The van der Waals surface area contributed by atoms with E-state index in [2.05, 4.69) is 57.3 Å². The normalized spacial score (nSPS) is 12.3. The van der Waals surface area contributed by atoms with Gasteiger partial charge in [-0.1, -0.05) is 75.4 Å². The van der Waals surface area contributed by atoms with Crippen LogP contribution >= 0.6 is 0 Å². The molecule has 3 nitrogen and oxygen atoms in total. The van der Waals surface area contributed by atoms with E-state index in [1.807, 2.05) is 54.6 Å². The topological polar surface area (TPSA) is 30.5 Å². The largest absolute Gasteiger partial charge is 0.489 e. The molecule has 3 aromatic rings. The Hall–Kier alpha value is -2.94. The lowest BCUT2D eigenvalue weighted by atomic mass is 9.87. The summed E-state index contributed by atoms with van der Waals surface area (Å²) in [5.41, 5.74) is 3.58. The van der Waals surface area contributed by atoms with E-state index in [1.54, 1.807) is 0 Å². The molecule has 0 aliphatic carbocycles. The Morgan fingerprint density at radius 3 is 2.17 bits per heavy atom. The van der Waals surface area contributed by atoms with Gasteiger partial charge in [0.2, 0.25) is 0 Å². The number of hydrogen-bond donors (Lipinski definition) is 1. The Morgan fingerprint density at radius 2 is 1.48 bits per heavy atom. The van der Waals surface area contributed by atoms with Crippen molar-refractivity contribution in [2.24, 2.45) is 0 Å². The van der Waals surface area contributed by atoms with Crippen molar-refractivity contribution in [3.05, 3.63) is 90.0 Å². The summed E-state index contributed by atoms with van der Waals surface area (Å²) in [6, 6.07) is 26.6. The maximum absolute atomic E-state index is 6.07. The standard InChI is InChI=1S/C26H31NO2/c1-20(29-23-16-14-22(15-17-23)26(2,3)4)18-27-24-12-8-9-13-25(24)28-19-21-10-6-5-7-11-21/h5-17,20,27H,18-19H2,1-4H3. The first kappa shape index (κ1) is 20.8. The number of para-hydroxylation sites is 2. The van der Waals surface area contributed by atoms with Gasteiger partial charge in [-0.05, 0) is 47.7 Å². The van der Waals surface area contributed by atoms with Gasteiger partial charge < -0.3 is 14.8 Å². The highest BCUT2D eigenvalue weighted by Gasteiger charge is 2.13. The molecule has 0 aliphatic rings. The summed E-state index contributed by atoms with van der Waals surface area (Å²) in [6.07, 6.45) is 0.0256. The zero-order valence-electron chi connectivity index (χ0n) is 17.8. The van der Waals surface area contributed by atoms with Crippen LogP contribution < -0.4 is 14.8 Å². The smallest absolute Gasteiger partial charge is 0.142 e. The molecule has 29 heavy (non-hydrogen) atoms. The average Bonchev–Trinajstić information content (AvgIpc) is 2.72. The molecule has 0 saturated carbocycles. The molecule has 3 aromatic carbocycles. The maximum Gasteiger partial charge on any atom is 0.142 e. The highest BCUT2D eigenvalue weighted by Crippen LogP contribution is 2.26. The van der Waals surface area contributed by atoms with E-state index in [-0.39, 0.29) is 11.5 Å². The second kappa shape index (κ2) is 9.51. The van der Waals surface area contributed by atoms with Crippen LogP contribution in [0.15, 0.2) is 78.9 Å². The molecule has 0 radical (unpaired) electrons. The fourth-order valence-electron chi connectivity index (χ4n) is 3.04. The van der Waals surface area contributed by atoms with Gasteiger partial charge in [0, 0.05) is 0 Å². The molecule has 0 spiro atoms. The highest BCUT2D eigenvalue weighted by molar-refractivity contribution is 5.56. The van der Waals surface area contributed by atoms with Gasteiger partial charge in [-0.25, -0.2) is 0 Å². The lowest BCUT2D eigenvalue weighted by molar-refractivity contribution is 0.234. The van der Waals surface area contributed by atoms with E-state index >= 15 is 0 Å². The third-order valence-electron chi connectivity index (χ3n) is 4.76.